The first-order chi connectivity index (χ1) is 18.7. The second-order valence-corrected chi connectivity index (χ2v) is 8.95. The molecule has 3 aromatic rings. The molecule has 0 aromatic heterocycles. The lowest BCUT2D eigenvalue weighted by atomic mass is 10.0. The molecule has 2 amide bonds. The first kappa shape index (κ1) is 29.0. The molecule has 0 radical (unpaired) electrons. The van der Waals surface area contributed by atoms with Crippen LogP contribution in [-0.2, 0) is 22.6 Å². The van der Waals surface area contributed by atoms with Crippen LogP contribution in [0.3, 0.4) is 0 Å². The van der Waals surface area contributed by atoms with Gasteiger partial charge in [-0.3, -0.25) is 14.4 Å². The molecule has 0 heterocycles. The molecular formula is C30H34N2O7. The molecule has 9 nitrogen and oxygen atoms in total. The summed E-state index contributed by atoms with van der Waals surface area (Å²) >= 11 is 0. The number of nitrogens with zero attached hydrogens (tertiary/aromatic N) is 1. The average Bonchev–Trinajstić information content (AvgIpc) is 2.95. The number of ether oxygens (including phenoxy) is 3. The van der Waals surface area contributed by atoms with Crippen molar-refractivity contribution in [2.24, 2.45) is 5.73 Å². The Kier molecular flexibility index (Phi) is 9.92. The molecule has 0 saturated carbocycles. The Hall–Kier alpha value is -4.53. The zero-order chi connectivity index (χ0) is 28.5. The summed E-state index contributed by atoms with van der Waals surface area (Å²) in [5, 5.41) is 9.23. The molecule has 1 atom stereocenters. The molecule has 206 valence electrons. The fraction of sp³-hybridized carbons (Fsp3) is 0.300. The summed E-state index contributed by atoms with van der Waals surface area (Å²) in [5.41, 5.74) is 9.76. The Morgan fingerprint density at radius 3 is 1.82 bits per heavy atom. The molecule has 0 bridgehead atoms. The second-order valence-electron chi connectivity index (χ2n) is 8.95. The standard InChI is InChI=1S/C30H34N2O7/c1-5-19-6-8-21(9-7-19)22-10-12-23(13-11-22)30(36)32(24(29(31)35)14-15-27(33)34)18-20-16-25(37-2)28(39-4)26(17-20)38-3/h6-13,16-17,24H,5,14-15,18H2,1-4H3,(H2,31,35)(H,33,34)/t24-/m0/s1. The largest absolute Gasteiger partial charge is 0.493 e. The van der Waals surface area contributed by atoms with Crippen molar-refractivity contribution in [2.45, 2.75) is 38.8 Å². The van der Waals surface area contributed by atoms with E-state index in [0.717, 1.165) is 17.5 Å². The molecule has 0 spiro atoms. The van der Waals surface area contributed by atoms with Crippen LogP contribution in [0.4, 0.5) is 0 Å². The highest BCUT2D eigenvalue weighted by molar-refractivity contribution is 5.97. The quantitative estimate of drug-likeness (QED) is 0.334. The van der Waals surface area contributed by atoms with Gasteiger partial charge in [0.15, 0.2) is 11.5 Å². The summed E-state index contributed by atoms with van der Waals surface area (Å²) in [6, 6.07) is 17.4. The van der Waals surface area contributed by atoms with Crippen molar-refractivity contribution in [3.63, 3.8) is 0 Å². The van der Waals surface area contributed by atoms with E-state index in [2.05, 4.69) is 19.1 Å². The van der Waals surface area contributed by atoms with E-state index in [0.29, 0.717) is 28.4 Å². The Labute approximate surface area is 228 Å². The number of aliphatic carboxylic acids is 1. The number of aryl methyl sites for hydroxylation is 1. The van der Waals surface area contributed by atoms with E-state index in [1.165, 1.54) is 31.8 Å². The van der Waals surface area contributed by atoms with Crippen LogP contribution >= 0.6 is 0 Å². The maximum absolute atomic E-state index is 13.8. The van der Waals surface area contributed by atoms with Crippen molar-refractivity contribution in [1.29, 1.82) is 0 Å². The van der Waals surface area contributed by atoms with Crippen molar-refractivity contribution in [2.75, 3.05) is 21.3 Å². The minimum absolute atomic E-state index is 0.0526. The first-order valence-corrected chi connectivity index (χ1v) is 12.5. The van der Waals surface area contributed by atoms with Crippen molar-refractivity contribution >= 4 is 17.8 Å². The third-order valence-electron chi connectivity index (χ3n) is 6.50. The van der Waals surface area contributed by atoms with Gasteiger partial charge in [-0.25, -0.2) is 0 Å². The van der Waals surface area contributed by atoms with Gasteiger partial charge >= 0.3 is 5.97 Å². The molecule has 0 aliphatic rings. The highest BCUT2D eigenvalue weighted by atomic mass is 16.5. The molecule has 9 heteroatoms. The van der Waals surface area contributed by atoms with Gasteiger partial charge in [0.25, 0.3) is 5.91 Å². The predicted molar refractivity (Wildman–Crippen MR) is 147 cm³/mol. The van der Waals surface area contributed by atoms with E-state index in [4.69, 9.17) is 19.9 Å². The van der Waals surface area contributed by atoms with E-state index < -0.39 is 23.8 Å². The van der Waals surface area contributed by atoms with Crippen LogP contribution in [0.25, 0.3) is 11.1 Å². The summed E-state index contributed by atoms with van der Waals surface area (Å²) in [5.74, 6) is -1.24. The van der Waals surface area contributed by atoms with Gasteiger partial charge in [0.1, 0.15) is 6.04 Å². The Bertz CT molecular complexity index is 1280. The molecule has 0 aliphatic carbocycles. The predicted octanol–water partition coefficient (Wildman–Crippen LogP) is 4.30. The molecule has 0 unspecified atom stereocenters. The van der Waals surface area contributed by atoms with Crippen molar-refractivity contribution < 1.29 is 33.7 Å². The van der Waals surface area contributed by atoms with Gasteiger partial charge < -0.3 is 30.0 Å². The van der Waals surface area contributed by atoms with Gasteiger partial charge in [-0.1, -0.05) is 43.3 Å². The number of primary amides is 1. The Balaban J connectivity index is 2.00. The number of carboxylic acid groups (broad SMARTS) is 1. The maximum Gasteiger partial charge on any atom is 0.303 e. The van der Waals surface area contributed by atoms with Crippen molar-refractivity contribution in [1.82, 2.24) is 4.90 Å². The van der Waals surface area contributed by atoms with Gasteiger partial charge in [-0.2, -0.15) is 0 Å². The fourth-order valence-electron chi connectivity index (χ4n) is 4.36. The van der Waals surface area contributed by atoms with Crippen LogP contribution < -0.4 is 19.9 Å². The summed E-state index contributed by atoms with van der Waals surface area (Å²) in [4.78, 5) is 38.9. The van der Waals surface area contributed by atoms with E-state index >= 15 is 0 Å². The Morgan fingerprint density at radius 2 is 1.38 bits per heavy atom. The number of benzene rings is 3. The number of amides is 2. The minimum atomic E-state index is -1.16. The smallest absolute Gasteiger partial charge is 0.303 e. The number of carbonyl (C=O) groups excluding carboxylic acids is 2. The Morgan fingerprint density at radius 1 is 0.846 bits per heavy atom. The lowest BCUT2D eigenvalue weighted by molar-refractivity contribution is -0.137. The van der Waals surface area contributed by atoms with Gasteiger partial charge in [0.05, 0.1) is 21.3 Å². The van der Waals surface area contributed by atoms with Crippen LogP contribution in [-0.4, -0.2) is 55.2 Å². The zero-order valence-corrected chi connectivity index (χ0v) is 22.6. The maximum atomic E-state index is 13.8. The van der Waals surface area contributed by atoms with Crippen LogP contribution in [0, 0.1) is 0 Å². The highest BCUT2D eigenvalue weighted by Gasteiger charge is 2.30. The van der Waals surface area contributed by atoms with E-state index in [9.17, 15) is 19.5 Å². The van der Waals surface area contributed by atoms with Crippen molar-refractivity contribution in [3.8, 4) is 28.4 Å². The number of nitrogens with two attached hydrogens (primary N) is 1. The van der Waals surface area contributed by atoms with E-state index in [1.54, 1.807) is 24.3 Å². The highest BCUT2D eigenvalue weighted by Crippen LogP contribution is 2.38. The van der Waals surface area contributed by atoms with Crippen LogP contribution in [0.5, 0.6) is 17.2 Å². The number of methoxy groups -OCH3 is 3. The SMILES string of the molecule is CCc1ccc(-c2ccc(C(=O)N(Cc3cc(OC)c(OC)c(OC)c3)[C@@H](CCC(=O)O)C(N)=O)cc2)cc1. The lowest BCUT2D eigenvalue weighted by Gasteiger charge is -2.30. The van der Waals surface area contributed by atoms with Gasteiger partial charge in [0.2, 0.25) is 11.7 Å². The van der Waals surface area contributed by atoms with Crippen molar-refractivity contribution in [3.05, 3.63) is 77.4 Å². The second kappa shape index (κ2) is 13.3. The third kappa shape index (κ3) is 7.07. The zero-order valence-electron chi connectivity index (χ0n) is 22.6. The first-order valence-electron chi connectivity index (χ1n) is 12.5. The normalized spacial score (nSPS) is 11.4. The number of carboxylic acids is 1. The van der Waals surface area contributed by atoms with Gasteiger partial charge in [-0.15, -0.1) is 0 Å². The van der Waals surface area contributed by atoms with Crippen LogP contribution in [0.1, 0.15) is 41.3 Å². The monoisotopic (exact) mass is 534 g/mol. The number of hydrogen-bond donors (Lipinski definition) is 2. The third-order valence-corrected chi connectivity index (χ3v) is 6.50. The molecule has 0 aliphatic heterocycles. The molecule has 0 saturated heterocycles. The molecular weight excluding hydrogens is 500 g/mol. The molecule has 0 fully saturated rings. The molecule has 3 rings (SSSR count). The molecule has 3 aromatic carbocycles. The van der Waals surface area contributed by atoms with E-state index in [-0.39, 0.29) is 19.4 Å². The van der Waals surface area contributed by atoms with Crippen LogP contribution in [0.15, 0.2) is 60.7 Å². The average molecular weight is 535 g/mol. The summed E-state index contributed by atoms with van der Waals surface area (Å²) in [7, 11) is 4.42. The number of rotatable bonds is 13. The topological polar surface area (TPSA) is 128 Å². The fourth-order valence-corrected chi connectivity index (χ4v) is 4.36. The summed E-state index contributed by atoms with van der Waals surface area (Å²) < 4.78 is 16.2. The lowest BCUT2D eigenvalue weighted by Crippen LogP contribution is -2.47. The number of hydrogen-bond acceptors (Lipinski definition) is 6. The summed E-state index contributed by atoms with van der Waals surface area (Å²) in [6.45, 7) is 2.04. The minimum Gasteiger partial charge on any atom is -0.493 e. The van der Waals surface area contributed by atoms with Crippen LogP contribution in [0.2, 0.25) is 0 Å². The van der Waals surface area contributed by atoms with E-state index in [1.807, 2.05) is 24.3 Å². The summed E-state index contributed by atoms with van der Waals surface area (Å²) in [6.07, 6.45) is 0.473. The molecule has 3 N–H and O–H groups in total. The molecule has 39 heavy (non-hydrogen) atoms. The van der Waals surface area contributed by atoms with Gasteiger partial charge in [-0.05, 0) is 59.4 Å². The number of carbonyl (C=O) groups is 3. The van der Waals surface area contributed by atoms with Gasteiger partial charge in [0, 0.05) is 18.5 Å².